The standard InChI is InChI=1S/C7H10F3NO2.C6H5Cl/c8-7(9,10)5-1-3-11(4-2-5)6(12)13;7-6-4-2-1-3-5-6/h5H,1-4H2,(H,12,13);1-5H. The summed E-state index contributed by atoms with van der Waals surface area (Å²) < 4.78 is 36.3. The van der Waals surface area contributed by atoms with Crippen molar-refractivity contribution < 1.29 is 23.1 Å². The largest absolute Gasteiger partial charge is 0.465 e. The Bertz CT molecular complexity index is 417. The van der Waals surface area contributed by atoms with Gasteiger partial charge in [-0.3, -0.25) is 0 Å². The third-order valence-corrected chi connectivity index (χ3v) is 3.21. The first-order valence-corrected chi connectivity index (χ1v) is 6.43. The molecule has 7 heteroatoms. The van der Waals surface area contributed by atoms with Gasteiger partial charge in [0.05, 0.1) is 5.92 Å². The van der Waals surface area contributed by atoms with E-state index >= 15 is 0 Å². The molecule has 0 saturated carbocycles. The normalized spacial score (nSPS) is 16.3. The second kappa shape index (κ2) is 7.38. The molecule has 0 unspecified atom stereocenters. The van der Waals surface area contributed by atoms with E-state index in [1.807, 2.05) is 30.3 Å². The van der Waals surface area contributed by atoms with Crippen LogP contribution in [0, 0.1) is 5.92 Å². The molecule has 1 saturated heterocycles. The van der Waals surface area contributed by atoms with Gasteiger partial charge in [-0.25, -0.2) is 4.79 Å². The summed E-state index contributed by atoms with van der Waals surface area (Å²) in [5.74, 6) is -1.33. The fourth-order valence-corrected chi connectivity index (χ4v) is 1.96. The van der Waals surface area contributed by atoms with Crippen LogP contribution in [-0.4, -0.2) is 35.4 Å². The Labute approximate surface area is 120 Å². The molecule has 1 aromatic rings. The van der Waals surface area contributed by atoms with Gasteiger partial charge in [-0.05, 0) is 25.0 Å². The zero-order valence-electron chi connectivity index (χ0n) is 10.6. The zero-order valence-corrected chi connectivity index (χ0v) is 11.4. The van der Waals surface area contributed by atoms with Crippen molar-refractivity contribution in [2.45, 2.75) is 19.0 Å². The van der Waals surface area contributed by atoms with Crippen LogP contribution < -0.4 is 0 Å². The zero-order chi connectivity index (χ0) is 15.2. The summed E-state index contributed by atoms with van der Waals surface area (Å²) in [5.41, 5.74) is 0. The molecule has 112 valence electrons. The van der Waals surface area contributed by atoms with Gasteiger partial charge in [0, 0.05) is 18.1 Å². The lowest BCUT2D eigenvalue weighted by Gasteiger charge is -2.30. The van der Waals surface area contributed by atoms with Crippen LogP contribution in [-0.2, 0) is 0 Å². The van der Waals surface area contributed by atoms with Crippen LogP contribution in [0.1, 0.15) is 12.8 Å². The van der Waals surface area contributed by atoms with E-state index in [9.17, 15) is 18.0 Å². The molecule has 0 spiro atoms. The Balaban J connectivity index is 0.000000240. The van der Waals surface area contributed by atoms with Crippen LogP contribution in [0.3, 0.4) is 0 Å². The predicted molar refractivity (Wildman–Crippen MR) is 69.8 cm³/mol. The average Bonchev–Trinajstić information content (AvgIpc) is 2.39. The van der Waals surface area contributed by atoms with Crippen molar-refractivity contribution in [1.82, 2.24) is 4.90 Å². The van der Waals surface area contributed by atoms with Gasteiger partial charge in [-0.2, -0.15) is 13.2 Å². The summed E-state index contributed by atoms with van der Waals surface area (Å²) in [6.45, 7) is -0.0288. The second-order valence-electron chi connectivity index (χ2n) is 4.38. The molecule has 1 amide bonds. The summed E-state index contributed by atoms with van der Waals surface area (Å²) in [5, 5.41) is 9.27. The minimum Gasteiger partial charge on any atom is -0.465 e. The number of rotatable bonds is 0. The third kappa shape index (κ3) is 5.69. The van der Waals surface area contributed by atoms with Crippen LogP contribution in [0.25, 0.3) is 0 Å². The highest BCUT2D eigenvalue weighted by Gasteiger charge is 2.41. The van der Waals surface area contributed by atoms with Crippen molar-refractivity contribution in [2.24, 2.45) is 5.92 Å². The van der Waals surface area contributed by atoms with Crippen LogP contribution >= 0.6 is 11.6 Å². The lowest BCUT2D eigenvalue weighted by molar-refractivity contribution is -0.184. The van der Waals surface area contributed by atoms with Gasteiger partial charge in [-0.1, -0.05) is 29.8 Å². The Kier molecular flexibility index (Phi) is 6.13. The number of nitrogens with zero attached hydrogens (tertiary/aromatic N) is 1. The number of halogens is 4. The Morgan fingerprint density at radius 3 is 2.00 bits per heavy atom. The summed E-state index contributed by atoms with van der Waals surface area (Å²) in [4.78, 5) is 11.4. The topological polar surface area (TPSA) is 40.5 Å². The fourth-order valence-electron chi connectivity index (χ4n) is 1.81. The van der Waals surface area contributed by atoms with Crippen LogP contribution in [0.15, 0.2) is 30.3 Å². The number of alkyl halides is 3. The molecule has 0 aromatic heterocycles. The minimum absolute atomic E-state index is 0.0144. The van der Waals surface area contributed by atoms with Gasteiger partial charge in [0.2, 0.25) is 0 Å². The van der Waals surface area contributed by atoms with Crippen molar-refractivity contribution >= 4 is 17.7 Å². The average molecular weight is 310 g/mol. The number of hydrogen-bond donors (Lipinski definition) is 1. The van der Waals surface area contributed by atoms with Gasteiger partial charge < -0.3 is 10.0 Å². The first-order valence-electron chi connectivity index (χ1n) is 6.06. The molecule has 2 rings (SSSR count). The number of carboxylic acid groups (broad SMARTS) is 1. The lowest BCUT2D eigenvalue weighted by atomic mass is 9.97. The van der Waals surface area contributed by atoms with Crippen molar-refractivity contribution in [3.63, 3.8) is 0 Å². The van der Waals surface area contributed by atoms with E-state index in [1.54, 1.807) is 0 Å². The molecule has 0 aliphatic carbocycles. The Morgan fingerprint density at radius 1 is 1.20 bits per heavy atom. The number of piperidine rings is 1. The summed E-state index contributed by atoms with van der Waals surface area (Å²) in [6, 6.07) is 9.44. The molecule has 1 aromatic carbocycles. The first-order chi connectivity index (χ1) is 9.30. The van der Waals surface area contributed by atoms with Crippen LogP contribution in [0.4, 0.5) is 18.0 Å². The van der Waals surface area contributed by atoms with E-state index < -0.39 is 18.2 Å². The quantitative estimate of drug-likeness (QED) is 0.777. The molecular weight excluding hydrogens is 295 g/mol. The van der Waals surface area contributed by atoms with Crippen LogP contribution in [0.5, 0.6) is 0 Å². The molecule has 1 fully saturated rings. The van der Waals surface area contributed by atoms with Crippen molar-refractivity contribution in [3.05, 3.63) is 35.4 Å². The highest BCUT2D eigenvalue weighted by molar-refractivity contribution is 6.30. The van der Waals surface area contributed by atoms with E-state index in [4.69, 9.17) is 16.7 Å². The number of carbonyl (C=O) groups is 1. The Morgan fingerprint density at radius 2 is 1.70 bits per heavy atom. The van der Waals surface area contributed by atoms with E-state index in [2.05, 4.69) is 0 Å². The molecule has 1 aliphatic heterocycles. The molecule has 0 radical (unpaired) electrons. The van der Waals surface area contributed by atoms with E-state index in [-0.39, 0.29) is 25.9 Å². The second-order valence-corrected chi connectivity index (χ2v) is 4.82. The van der Waals surface area contributed by atoms with Gasteiger partial charge in [0.25, 0.3) is 0 Å². The first kappa shape index (κ1) is 16.6. The van der Waals surface area contributed by atoms with E-state index in [1.165, 1.54) is 0 Å². The number of hydrogen-bond acceptors (Lipinski definition) is 1. The van der Waals surface area contributed by atoms with Crippen molar-refractivity contribution in [1.29, 1.82) is 0 Å². The van der Waals surface area contributed by atoms with Gasteiger partial charge in [-0.15, -0.1) is 0 Å². The molecule has 0 bridgehead atoms. The Hall–Kier alpha value is -1.43. The molecule has 1 N–H and O–H groups in total. The van der Waals surface area contributed by atoms with Gasteiger partial charge in [0.15, 0.2) is 0 Å². The van der Waals surface area contributed by atoms with Crippen molar-refractivity contribution in [2.75, 3.05) is 13.1 Å². The number of amides is 1. The number of likely N-dealkylation sites (tertiary alicyclic amines) is 1. The SMILES string of the molecule is Clc1ccccc1.O=C(O)N1CCC(C(F)(F)F)CC1. The molecule has 0 atom stereocenters. The fraction of sp³-hybridized carbons (Fsp3) is 0.462. The predicted octanol–water partition coefficient (Wildman–Crippen LogP) is 4.28. The maximum Gasteiger partial charge on any atom is 0.407 e. The molecule has 3 nitrogen and oxygen atoms in total. The highest BCUT2D eigenvalue weighted by Crippen LogP contribution is 2.33. The molecule has 20 heavy (non-hydrogen) atoms. The summed E-state index contributed by atoms with van der Waals surface area (Å²) in [7, 11) is 0. The van der Waals surface area contributed by atoms with Gasteiger partial charge >= 0.3 is 12.3 Å². The highest BCUT2D eigenvalue weighted by atomic mass is 35.5. The van der Waals surface area contributed by atoms with E-state index in [0.29, 0.717) is 0 Å². The molecule has 1 heterocycles. The number of benzene rings is 1. The maximum absolute atomic E-state index is 12.1. The van der Waals surface area contributed by atoms with Crippen LogP contribution in [0.2, 0.25) is 5.02 Å². The minimum atomic E-state index is -4.18. The lowest BCUT2D eigenvalue weighted by Crippen LogP contribution is -2.41. The maximum atomic E-state index is 12.1. The summed E-state index contributed by atoms with van der Waals surface area (Å²) >= 11 is 5.54. The monoisotopic (exact) mass is 309 g/mol. The smallest absolute Gasteiger partial charge is 0.407 e. The van der Waals surface area contributed by atoms with Crippen molar-refractivity contribution in [3.8, 4) is 0 Å². The third-order valence-electron chi connectivity index (χ3n) is 2.96. The summed E-state index contributed by atoms with van der Waals surface area (Å²) in [6.07, 6.45) is -5.54. The molecule has 1 aliphatic rings. The molecular formula is C13H15ClF3NO2. The van der Waals surface area contributed by atoms with E-state index in [0.717, 1.165) is 9.92 Å². The van der Waals surface area contributed by atoms with Gasteiger partial charge in [0.1, 0.15) is 0 Å².